The largest absolute Gasteiger partial charge is 0.315 e. The van der Waals surface area contributed by atoms with Gasteiger partial charge in [0.2, 0.25) is 10.0 Å². The van der Waals surface area contributed by atoms with E-state index in [1.807, 2.05) is 19.9 Å². The van der Waals surface area contributed by atoms with Gasteiger partial charge < -0.3 is 5.32 Å². The second kappa shape index (κ2) is 5.60. The zero-order chi connectivity index (χ0) is 15.4. The van der Waals surface area contributed by atoms with Crippen LogP contribution in [-0.4, -0.2) is 37.9 Å². The van der Waals surface area contributed by atoms with Crippen LogP contribution in [0.2, 0.25) is 0 Å². The molecule has 4 nitrogen and oxygen atoms in total. The molecule has 1 N–H and O–H groups in total. The number of hydrogen-bond donors (Lipinski definition) is 1. The highest BCUT2D eigenvalue weighted by Crippen LogP contribution is 2.39. The van der Waals surface area contributed by atoms with Gasteiger partial charge in [0.15, 0.2) is 0 Å². The van der Waals surface area contributed by atoms with E-state index in [1.54, 1.807) is 10.4 Å². The van der Waals surface area contributed by atoms with E-state index in [4.69, 9.17) is 0 Å². The van der Waals surface area contributed by atoms with Crippen LogP contribution in [0.4, 0.5) is 0 Å². The van der Waals surface area contributed by atoms with Gasteiger partial charge in [0.1, 0.15) is 0 Å². The first kappa shape index (κ1) is 15.9. The minimum atomic E-state index is -3.50. The Labute approximate surface area is 142 Å². The van der Waals surface area contributed by atoms with Crippen molar-refractivity contribution in [2.45, 2.75) is 37.2 Å². The number of fused-ring (bicyclic) bond motifs is 1. The molecule has 3 unspecified atom stereocenters. The van der Waals surface area contributed by atoms with E-state index in [9.17, 15) is 8.42 Å². The molecule has 2 fully saturated rings. The van der Waals surface area contributed by atoms with E-state index >= 15 is 0 Å². The number of halogens is 2. The quantitative estimate of drug-likeness (QED) is 0.773. The lowest BCUT2D eigenvalue weighted by Crippen LogP contribution is -2.42. The number of nitrogens with zero attached hydrogens (tertiary/aromatic N) is 1. The maximum atomic E-state index is 13.1. The predicted octanol–water partition coefficient (Wildman–Crippen LogP) is 2.89. The number of hydrogen-bond acceptors (Lipinski definition) is 3. The van der Waals surface area contributed by atoms with Gasteiger partial charge in [-0.2, -0.15) is 4.31 Å². The average molecular weight is 438 g/mol. The van der Waals surface area contributed by atoms with Gasteiger partial charge >= 0.3 is 0 Å². The number of nitrogens with one attached hydrogen (secondary N) is 1. The van der Waals surface area contributed by atoms with Crippen LogP contribution in [0.1, 0.15) is 18.9 Å². The summed E-state index contributed by atoms with van der Waals surface area (Å²) < 4.78 is 29.4. The maximum Gasteiger partial charge on any atom is 0.244 e. The molecule has 1 aromatic carbocycles. The second-order valence-corrected chi connectivity index (χ2v) is 9.46. The van der Waals surface area contributed by atoms with Crippen LogP contribution in [0, 0.1) is 12.8 Å². The highest BCUT2D eigenvalue weighted by molar-refractivity contribution is 9.11. The van der Waals surface area contributed by atoms with Crippen molar-refractivity contribution in [1.82, 2.24) is 9.62 Å². The van der Waals surface area contributed by atoms with Crippen LogP contribution >= 0.6 is 31.9 Å². The molecule has 0 aromatic heterocycles. The zero-order valence-corrected chi connectivity index (χ0v) is 15.9. The smallest absolute Gasteiger partial charge is 0.244 e. The fraction of sp³-hybridized carbons (Fsp3) is 0.571. The highest BCUT2D eigenvalue weighted by atomic mass is 79.9. The Morgan fingerprint density at radius 3 is 2.67 bits per heavy atom. The number of aryl methyl sites for hydroxylation is 1. The summed E-state index contributed by atoms with van der Waals surface area (Å²) in [7, 11) is -3.50. The molecule has 3 rings (SSSR count). The van der Waals surface area contributed by atoms with Crippen LogP contribution < -0.4 is 5.32 Å². The van der Waals surface area contributed by atoms with Gasteiger partial charge in [-0.1, -0.05) is 15.9 Å². The molecule has 0 saturated carbocycles. The van der Waals surface area contributed by atoms with Crippen molar-refractivity contribution in [1.29, 1.82) is 0 Å². The molecule has 3 atom stereocenters. The molecule has 0 radical (unpaired) electrons. The standard InChI is InChI=1S/C14H18Br2N2O2S/c1-8-3-12(16)14(5-11(8)15)21(19,20)18-9(2)4-10-6-17-7-13(10)18/h3,5,9-10,13,17H,4,6-7H2,1-2H3. The van der Waals surface area contributed by atoms with Crippen LogP contribution in [0.3, 0.4) is 0 Å². The summed E-state index contributed by atoms with van der Waals surface area (Å²) in [5.41, 5.74) is 1.01. The minimum absolute atomic E-state index is 0.0547. The van der Waals surface area contributed by atoms with Crippen molar-refractivity contribution < 1.29 is 8.42 Å². The summed E-state index contributed by atoms with van der Waals surface area (Å²) in [6.07, 6.45) is 0.932. The molecule has 0 amide bonds. The lowest BCUT2D eigenvalue weighted by atomic mass is 10.0. The van der Waals surface area contributed by atoms with Gasteiger partial charge in [0.05, 0.1) is 4.90 Å². The monoisotopic (exact) mass is 436 g/mol. The topological polar surface area (TPSA) is 49.4 Å². The number of rotatable bonds is 2. The molecule has 0 aliphatic carbocycles. The summed E-state index contributed by atoms with van der Waals surface area (Å²) >= 11 is 6.85. The Morgan fingerprint density at radius 1 is 1.24 bits per heavy atom. The van der Waals surface area contributed by atoms with Crippen molar-refractivity contribution in [2.24, 2.45) is 5.92 Å². The summed E-state index contributed by atoms with van der Waals surface area (Å²) in [5.74, 6) is 0.433. The Bertz CT molecular complexity index is 678. The third kappa shape index (κ3) is 2.61. The Hall–Kier alpha value is 0.0500. The molecule has 116 valence electrons. The van der Waals surface area contributed by atoms with E-state index in [0.29, 0.717) is 15.3 Å². The molecule has 2 heterocycles. The SMILES string of the molecule is Cc1cc(Br)c(S(=O)(=O)N2C(C)CC3CNCC32)cc1Br. The lowest BCUT2D eigenvalue weighted by Gasteiger charge is -2.27. The van der Waals surface area contributed by atoms with Crippen molar-refractivity contribution in [3.63, 3.8) is 0 Å². The van der Waals surface area contributed by atoms with Gasteiger partial charge in [0, 0.05) is 27.6 Å². The summed E-state index contributed by atoms with van der Waals surface area (Å²) in [4.78, 5) is 0.347. The van der Waals surface area contributed by atoms with E-state index in [0.717, 1.165) is 29.5 Å². The predicted molar refractivity (Wildman–Crippen MR) is 89.8 cm³/mol. The number of sulfonamides is 1. The van der Waals surface area contributed by atoms with Crippen LogP contribution in [-0.2, 0) is 10.0 Å². The van der Waals surface area contributed by atoms with Crippen molar-refractivity contribution in [3.05, 3.63) is 26.6 Å². The van der Waals surface area contributed by atoms with Crippen molar-refractivity contribution >= 4 is 41.9 Å². The van der Waals surface area contributed by atoms with Gasteiger partial charge in [-0.3, -0.25) is 0 Å². The second-order valence-electron chi connectivity index (χ2n) is 5.94. The molecule has 2 saturated heterocycles. The molecule has 2 aliphatic heterocycles. The Balaban J connectivity index is 2.06. The average Bonchev–Trinajstić information content (AvgIpc) is 2.92. The first-order valence-corrected chi connectivity index (χ1v) is 10.0. The van der Waals surface area contributed by atoms with Crippen molar-refractivity contribution in [2.75, 3.05) is 13.1 Å². The normalized spacial score (nSPS) is 29.8. The van der Waals surface area contributed by atoms with Gasteiger partial charge in [-0.05, 0) is 66.4 Å². The van der Waals surface area contributed by atoms with Gasteiger partial charge in [-0.25, -0.2) is 8.42 Å². The summed E-state index contributed by atoms with van der Waals surface area (Å²) in [6.45, 7) is 5.62. The van der Waals surface area contributed by atoms with Crippen LogP contribution in [0.25, 0.3) is 0 Å². The van der Waals surface area contributed by atoms with Gasteiger partial charge in [-0.15, -0.1) is 0 Å². The molecule has 0 bridgehead atoms. The zero-order valence-electron chi connectivity index (χ0n) is 11.9. The minimum Gasteiger partial charge on any atom is -0.315 e. The first-order chi connectivity index (χ1) is 9.82. The van der Waals surface area contributed by atoms with E-state index in [-0.39, 0.29) is 12.1 Å². The fourth-order valence-electron chi connectivity index (χ4n) is 3.48. The molecule has 21 heavy (non-hydrogen) atoms. The van der Waals surface area contributed by atoms with E-state index in [2.05, 4.69) is 37.2 Å². The van der Waals surface area contributed by atoms with E-state index in [1.165, 1.54) is 0 Å². The van der Waals surface area contributed by atoms with Crippen LogP contribution in [0.5, 0.6) is 0 Å². The molecule has 7 heteroatoms. The fourth-order valence-corrected chi connectivity index (χ4v) is 7.01. The van der Waals surface area contributed by atoms with Crippen molar-refractivity contribution in [3.8, 4) is 0 Å². The van der Waals surface area contributed by atoms with Gasteiger partial charge in [0.25, 0.3) is 0 Å². The third-order valence-electron chi connectivity index (χ3n) is 4.48. The summed E-state index contributed by atoms with van der Waals surface area (Å²) in [5, 5.41) is 3.31. The molecular formula is C14H18Br2N2O2S. The molecule has 1 aromatic rings. The Kier molecular flexibility index (Phi) is 4.25. The lowest BCUT2D eigenvalue weighted by molar-refractivity contribution is 0.335. The first-order valence-electron chi connectivity index (χ1n) is 7.02. The molecule has 2 aliphatic rings. The van der Waals surface area contributed by atoms with Crippen LogP contribution in [0.15, 0.2) is 26.0 Å². The Morgan fingerprint density at radius 2 is 1.95 bits per heavy atom. The number of benzene rings is 1. The third-order valence-corrected chi connectivity index (χ3v) is 8.33. The summed E-state index contributed by atoms with van der Waals surface area (Å²) in [6, 6.07) is 3.69. The van der Waals surface area contributed by atoms with E-state index < -0.39 is 10.0 Å². The molecule has 0 spiro atoms. The molecular weight excluding hydrogens is 420 g/mol. The maximum absolute atomic E-state index is 13.1. The highest BCUT2D eigenvalue weighted by Gasteiger charge is 2.48.